The van der Waals surface area contributed by atoms with Crippen molar-refractivity contribution in [3.8, 4) is 0 Å². The predicted molar refractivity (Wildman–Crippen MR) is 45.9 cm³/mol. The molecule has 0 bridgehead atoms. The molecule has 0 radical (unpaired) electrons. The van der Waals surface area contributed by atoms with Gasteiger partial charge in [0.25, 0.3) is 0 Å². The molecule has 1 rings (SSSR count). The maximum absolute atomic E-state index is 10.7. The minimum absolute atomic E-state index is 0.235. The van der Waals surface area contributed by atoms with E-state index >= 15 is 0 Å². The Morgan fingerprint density at radius 2 is 2.00 bits per heavy atom. The lowest BCUT2D eigenvalue weighted by atomic mass is 10.2. The molecule has 3 heteroatoms. The van der Waals surface area contributed by atoms with Crippen molar-refractivity contribution in [3.63, 3.8) is 0 Å². The van der Waals surface area contributed by atoms with Gasteiger partial charge in [-0.3, -0.25) is 4.79 Å². The van der Waals surface area contributed by atoms with E-state index in [-0.39, 0.29) is 5.97 Å². The van der Waals surface area contributed by atoms with Gasteiger partial charge in [0.15, 0.2) is 0 Å². The van der Waals surface area contributed by atoms with Gasteiger partial charge in [0.2, 0.25) is 0 Å². The maximum atomic E-state index is 10.7. The van der Waals surface area contributed by atoms with Gasteiger partial charge < -0.3 is 4.52 Å². The van der Waals surface area contributed by atoms with Gasteiger partial charge in [-0.25, -0.2) is 0 Å². The van der Waals surface area contributed by atoms with Crippen molar-refractivity contribution in [2.75, 3.05) is 0 Å². The molecule has 0 fully saturated rings. The maximum Gasteiger partial charge on any atom is 0.312 e. The molecule has 1 aromatic rings. The summed E-state index contributed by atoms with van der Waals surface area (Å²) in [6, 6.07) is 9.48. The van der Waals surface area contributed by atoms with E-state index in [1.54, 1.807) is 0 Å². The summed E-state index contributed by atoms with van der Waals surface area (Å²) >= 11 is 0. The Morgan fingerprint density at radius 3 is 2.55 bits per heavy atom. The zero-order chi connectivity index (χ0) is 8.10. The molecular formula is C8H9O2P. The molecule has 58 valence electrons. The normalized spacial score (nSPS) is 9.18. The highest BCUT2D eigenvalue weighted by Gasteiger charge is 1.99. The smallest absolute Gasteiger partial charge is 0.312 e. The van der Waals surface area contributed by atoms with Crippen LogP contribution >= 0.6 is 9.47 Å². The number of rotatable bonds is 2. The highest BCUT2D eigenvalue weighted by atomic mass is 31.0. The molecule has 0 aliphatic heterocycles. The summed E-state index contributed by atoms with van der Waals surface area (Å²) in [4.78, 5) is 10.7. The Hall–Kier alpha value is -0.880. The SMILES string of the molecule is O=C(Cc1ccccc1)OP. The molecule has 2 nitrogen and oxygen atoms in total. The van der Waals surface area contributed by atoms with Gasteiger partial charge in [-0.1, -0.05) is 30.3 Å². The monoisotopic (exact) mass is 168 g/mol. The van der Waals surface area contributed by atoms with Crippen molar-refractivity contribution in [2.24, 2.45) is 0 Å². The van der Waals surface area contributed by atoms with Crippen LogP contribution in [0.4, 0.5) is 0 Å². The molecule has 0 aliphatic rings. The van der Waals surface area contributed by atoms with E-state index in [1.165, 1.54) is 0 Å². The van der Waals surface area contributed by atoms with Crippen LogP contribution in [0.3, 0.4) is 0 Å². The summed E-state index contributed by atoms with van der Waals surface area (Å²) in [5, 5.41) is 0. The summed E-state index contributed by atoms with van der Waals surface area (Å²) in [5.74, 6) is -0.235. The van der Waals surface area contributed by atoms with Crippen LogP contribution in [0.15, 0.2) is 30.3 Å². The quantitative estimate of drug-likeness (QED) is 0.626. The third kappa shape index (κ3) is 2.69. The molecule has 0 saturated carbocycles. The van der Waals surface area contributed by atoms with Crippen LogP contribution in [0.1, 0.15) is 5.56 Å². The Bertz CT molecular complexity index is 233. The Kier molecular flexibility index (Phi) is 3.06. The van der Waals surface area contributed by atoms with Crippen LogP contribution in [0.25, 0.3) is 0 Å². The number of carbonyl (C=O) groups excluding carboxylic acids is 1. The first kappa shape index (κ1) is 8.22. The first-order chi connectivity index (χ1) is 5.33. The van der Waals surface area contributed by atoms with Crippen LogP contribution < -0.4 is 0 Å². The van der Waals surface area contributed by atoms with Crippen LogP contribution in [-0.2, 0) is 15.7 Å². The summed E-state index contributed by atoms with van der Waals surface area (Å²) in [7, 11) is 1.94. The Labute approximate surface area is 67.9 Å². The van der Waals surface area contributed by atoms with Crippen LogP contribution in [-0.4, -0.2) is 5.97 Å². The van der Waals surface area contributed by atoms with Crippen molar-refractivity contribution in [1.29, 1.82) is 0 Å². The standard InChI is InChI=1S/C8H9O2P/c9-8(10-11)6-7-4-2-1-3-5-7/h1-5H,6,11H2. The van der Waals surface area contributed by atoms with Gasteiger partial charge in [-0.2, -0.15) is 0 Å². The van der Waals surface area contributed by atoms with Gasteiger partial charge in [0.1, 0.15) is 0 Å². The zero-order valence-electron chi connectivity index (χ0n) is 5.99. The average molecular weight is 168 g/mol. The van der Waals surface area contributed by atoms with E-state index in [1.807, 2.05) is 39.8 Å². The summed E-state index contributed by atoms with van der Waals surface area (Å²) in [6.45, 7) is 0. The van der Waals surface area contributed by atoms with Crippen molar-refractivity contribution < 1.29 is 9.32 Å². The van der Waals surface area contributed by atoms with E-state index in [0.717, 1.165) is 5.56 Å². The van der Waals surface area contributed by atoms with E-state index in [0.29, 0.717) is 6.42 Å². The Morgan fingerprint density at radius 1 is 1.36 bits per heavy atom. The fourth-order valence-corrected chi connectivity index (χ4v) is 0.888. The fraction of sp³-hybridized carbons (Fsp3) is 0.125. The predicted octanol–water partition coefficient (Wildman–Crippen LogP) is 1.56. The van der Waals surface area contributed by atoms with Gasteiger partial charge in [0.05, 0.1) is 15.9 Å². The molecule has 0 N–H and O–H groups in total. The molecule has 11 heavy (non-hydrogen) atoms. The van der Waals surface area contributed by atoms with Crippen molar-refractivity contribution in [1.82, 2.24) is 0 Å². The minimum Gasteiger partial charge on any atom is -0.451 e. The second-order valence-corrected chi connectivity index (χ2v) is 2.39. The number of carbonyl (C=O) groups is 1. The number of hydrogen-bond acceptors (Lipinski definition) is 2. The van der Waals surface area contributed by atoms with Crippen molar-refractivity contribution in [3.05, 3.63) is 35.9 Å². The first-order valence-corrected chi connectivity index (χ1v) is 3.73. The van der Waals surface area contributed by atoms with Crippen LogP contribution in [0.5, 0.6) is 0 Å². The molecule has 0 heterocycles. The number of benzene rings is 1. The molecular weight excluding hydrogens is 159 g/mol. The average Bonchev–Trinajstić information content (AvgIpc) is 2.06. The molecule has 1 unspecified atom stereocenters. The third-order valence-corrected chi connectivity index (χ3v) is 1.59. The van der Waals surface area contributed by atoms with E-state index in [4.69, 9.17) is 0 Å². The molecule has 0 aliphatic carbocycles. The van der Waals surface area contributed by atoms with E-state index in [9.17, 15) is 4.79 Å². The highest BCUT2D eigenvalue weighted by Crippen LogP contribution is 2.01. The zero-order valence-corrected chi connectivity index (χ0v) is 7.14. The van der Waals surface area contributed by atoms with E-state index < -0.39 is 0 Å². The Balaban J connectivity index is 2.58. The van der Waals surface area contributed by atoms with Crippen molar-refractivity contribution >= 4 is 15.4 Å². The van der Waals surface area contributed by atoms with Crippen LogP contribution in [0.2, 0.25) is 0 Å². The largest absolute Gasteiger partial charge is 0.451 e. The van der Waals surface area contributed by atoms with Gasteiger partial charge in [-0.15, -0.1) is 0 Å². The van der Waals surface area contributed by atoms with Gasteiger partial charge in [-0.05, 0) is 5.56 Å². The van der Waals surface area contributed by atoms with E-state index in [2.05, 4.69) is 4.52 Å². The van der Waals surface area contributed by atoms with Crippen LogP contribution in [0, 0.1) is 0 Å². The van der Waals surface area contributed by atoms with Crippen molar-refractivity contribution in [2.45, 2.75) is 6.42 Å². The number of hydrogen-bond donors (Lipinski definition) is 0. The molecule has 0 spiro atoms. The summed E-state index contributed by atoms with van der Waals surface area (Å²) < 4.78 is 4.43. The molecule has 0 saturated heterocycles. The fourth-order valence-electron chi connectivity index (χ4n) is 0.804. The summed E-state index contributed by atoms with van der Waals surface area (Å²) in [5.41, 5.74) is 0.972. The molecule has 1 atom stereocenters. The minimum atomic E-state index is -0.235. The lowest BCUT2D eigenvalue weighted by Gasteiger charge is -1.97. The first-order valence-electron chi connectivity index (χ1n) is 3.26. The molecule has 1 aromatic carbocycles. The third-order valence-electron chi connectivity index (χ3n) is 1.32. The topological polar surface area (TPSA) is 26.3 Å². The van der Waals surface area contributed by atoms with Gasteiger partial charge in [0, 0.05) is 0 Å². The second kappa shape index (κ2) is 4.09. The highest BCUT2D eigenvalue weighted by molar-refractivity contribution is 7.10. The second-order valence-electron chi connectivity index (χ2n) is 2.15. The summed E-state index contributed by atoms with van der Waals surface area (Å²) in [6.07, 6.45) is 0.338. The molecule has 0 aromatic heterocycles. The lowest BCUT2D eigenvalue weighted by Crippen LogP contribution is -2.00. The molecule has 0 amide bonds. The lowest BCUT2D eigenvalue weighted by molar-refractivity contribution is -0.132. The van der Waals surface area contributed by atoms with Gasteiger partial charge >= 0.3 is 5.97 Å².